The van der Waals surface area contributed by atoms with Crippen molar-refractivity contribution in [1.82, 2.24) is 24.6 Å². The van der Waals surface area contributed by atoms with E-state index < -0.39 is 17.6 Å². The number of rotatable bonds is 4. The molecule has 2 atom stereocenters. The Kier molecular flexibility index (Phi) is 8.09. The summed E-state index contributed by atoms with van der Waals surface area (Å²) in [6.45, 7) is 4.26. The van der Waals surface area contributed by atoms with Crippen LogP contribution >= 0.6 is 11.3 Å². The molecular weight excluding hydrogens is 535 g/mol. The minimum Gasteiger partial charge on any atom is -0.475 e. The fraction of sp³-hybridized carbons (Fsp3) is 0.423. The van der Waals surface area contributed by atoms with Gasteiger partial charge in [-0.05, 0) is 49.6 Å². The van der Waals surface area contributed by atoms with Crippen LogP contribution in [-0.2, 0) is 23.2 Å². The number of alkyl halides is 3. The molecule has 0 aliphatic carbocycles. The average molecular weight is 564 g/mol. The van der Waals surface area contributed by atoms with Gasteiger partial charge in [0.25, 0.3) is 5.91 Å². The zero-order valence-corrected chi connectivity index (χ0v) is 22.2. The van der Waals surface area contributed by atoms with Crippen LogP contribution in [0.25, 0.3) is 0 Å². The van der Waals surface area contributed by atoms with Crippen molar-refractivity contribution in [2.75, 3.05) is 19.6 Å². The number of aliphatic carboxylic acids is 1. The lowest BCUT2D eigenvalue weighted by atomic mass is 9.70. The minimum atomic E-state index is -5.08. The van der Waals surface area contributed by atoms with Crippen LogP contribution in [0.2, 0.25) is 0 Å². The maximum atomic E-state index is 14.0. The normalized spacial score (nSPS) is 21.2. The third-order valence-electron chi connectivity index (χ3n) is 7.10. The zero-order chi connectivity index (χ0) is 28.4. The second-order valence-corrected chi connectivity index (χ2v) is 11.0. The Labute approximate surface area is 226 Å². The van der Waals surface area contributed by atoms with Gasteiger partial charge in [-0.25, -0.2) is 4.79 Å². The van der Waals surface area contributed by atoms with E-state index in [1.165, 1.54) is 11.3 Å². The third-order valence-corrected chi connectivity index (χ3v) is 8.09. The van der Waals surface area contributed by atoms with E-state index >= 15 is 0 Å². The number of thiophene rings is 1. The topological polar surface area (TPSA) is 109 Å². The molecule has 5 heterocycles. The summed E-state index contributed by atoms with van der Waals surface area (Å²) in [5.41, 5.74) is 1.41. The van der Waals surface area contributed by atoms with E-state index in [2.05, 4.69) is 10.1 Å². The van der Waals surface area contributed by atoms with Crippen LogP contribution in [0.5, 0.6) is 0 Å². The number of likely N-dealkylation sites (tertiary alicyclic amines) is 2. The number of carbonyl (C=O) groups is 3. The summed E-state index contributed by atoms with van der Waals surface area (Å²) in [7, 11) is 1.91. The van der Waals surface area contributed by atoms with Gasteiger partial charge in [0.15, 0.2) is 0 Å². The van der Waals surface area contributed by atoms with Crippen LogP contribution in [-0.4, -0.2) is 73.3 Å². The Balaban J connectivity index is 0.000000448. The van der Waals surface area contributed by atoms with Gasteiger partial charge in [0.1, 0.15) is 0 Å². The number of carboxylic acids is 1. The first-order valence-electron chi connectivity index (χ1n) is 12.2. The van der Waals surface area contributed by atoms with Crippen molar-refractivity contribution in [2.45, 2.75) is 38.4 Å². The van der Waals surface area contributed by atoms with E-state index in [4.69, 9.17) is 9.90 Å². The maximum absolute atomic E-state index is 14.0. The number of hydrogen-bond acceptors (Lipinski definition) is 6. The molecule has 39 heavy (non-hydrogen) atoms. The number of halogens is 3. The van der Waals surface area contributed by atoms with Gasteiger partial charge in [0.05, 0.1) is 10.3 Å². The molecule has 0 saturated carbocycles. The molecule has 9 nitrogen and oxygen atoms in total. The van der Waals surface area contributed by atoms with Crippen molar-refractivity contribution in [1.29, 1.82) is 0 Å². The molecule has 13 heteroatoms. The largest absolute Gasteiger partial charge is 0.490 e. The van der Waals surface area contributed by atoms with E-state index in [0.29, 0.717) is 19.6 Å². The van der Waals surface area contributed by atoms with Gasteiger partial charge in [-0.2, -0.15) is 18.3 Å². The van der Waals surface area contributed by atoms with E-state index in [1.54, 1.807) is 12.4 Å². The average Bonchev–Trinajstić information content (AvgIpc) is 3.61. The first kappa shape index (κ1) is 28.3. The summed E-state index contributed by atoms with van der Waals surface area (Å²) in [6, 6.07) is 9.76. The summed E-state index contributed by atoms with van der Waals surface area (Å²) in [5.74, 6) is -2.68. The minimum absolute atomic E-state index is 0.0179. The number of pyridine rings is 1. The molecule has 2 amide bonds. The third kappa shape index (κ3) is 5.97. The molecule has 0 aromatic carbocycles. The number of carboxylic acid groups (broad SMARTS) is 1. The first-order chi connectivity index (χ1) is 18.4. The highest BCUT2D eigenvalue weighted by Crippen LogP contribution is 2.50. The van der Waals surface area contributed by atoms with E-state index in [1.807, 2.05) is 65.0 Å². The number of carbonyl (C=O) groups excluding carboxylic acids is 2. The second-order valence-electron chi connectivity index (χ2n) is 9.68. The Hall–Kier alpha value is -3.74. The molecule has 0 radical (unpaired) electrons. The summed E-state index contributed by atoms with van der Waals surface area (Å²) in [4.78, 5) is 46.1. The first-order valence-corrected chi connectivity index (χ1v) is 13.1. The number of amides is 2. The van der Waals surface area contributed by atoms with Gasteiger partial charge in [-0.1, -0.05) is 6.07 Å². The van der Waals surface area contributed by atoms with Crippen LogP contribution in [0.4, 0.5) is 13.2 Å². The van der Waals surface area contributed by atoms with Crippen LogP contribution in [0.3, 0.4) is 0 Å². The highest BCUT2D eigenvalue weighted by atomic mass is 32.1. The number of aryl methyl sites for hydroxylation is 2. The summed E-state index contributed by atoms with van der Waals surface area (Å²) in [6.07, 6.45) is 1.95. The van der Waals surface area contributed by atoms with Gasteiger partial charge in [-0.15, -0.1) is 11.3 Å². The van der Waals surface area contributed by atoms with Gasteiger partial charge < -0.3 is 14.9 Å². The molecular formula is C26H28F3N5O4S. The SMILES string of the molecule is Cc1ccc(C(=O)N2C[C@@H](c3ccnn3C)[C@@]3(CCCN(Cc4cccnc4)C3=O)C2)s1.O=C(O)C(F)(F)F. The highest BCUT2D eigenvalue weighted by molar-refractivity contribution is 7.13. The molecule has 5 rings (SSSR count). The van der Waals surface area contributed by atoms with E-state index in [0.717, 1.165) is 40.4 Å². The van der Waals surface area contributed by atoms with E-state index in [-0.39, 0.29) is 17.7 Å². The van der Waals surface area contributed by atoms with Crippen LogP contribution < -0.4 is 0 Å². The Morgan fingerprint density at radius 2 is 1.95 bits per heavy atom. The zero-order valence-electron chi connectivity index (χ0n) is 21.4. The molecule has 2 aliphatic rings. The smallest absolute Gasteiger partial charge is 0.475 e. The van der Waals surface area contributed by atoms with Crippen molar-refractivity contribution in [3.63, 3.8) is 0 Å². The molecule has 0 unspecified atom stereocenters. The predicted molar refractivity (Wildman–Crippen MR) is 136 cm³/mol. The van der Waals surface area contributed by atoms with Gasteiger partial charge in [-0.3, -0.25) is 19.3 Å². The summed E-state index contributed by atoms with van der Waals surface area (Å²) < 4.78 is 33.6. The summed E-state index contributed by atoms with van der Waals surface area (Å²) in [5, 5.41) is 11.5. The fourth-order valence-corrected chi connectivity index (χ4v) is 6.15. The predicted octanol–water partition coefficient (Wildman–Crippen LogP) is 3.87. The molecule has 2 aliphatic heterocycles. The number of hydrogen-bond donors (Lipinski definition) is 1. The van der Waals surface area contributed by atoms with Gasteiger partial charge in [0, 0.05) is 68.3 Å². The fourth-order valence-electron chi connectivity index (χ4n) is 5.31. The lowest BCUT2D eigenvalue weighted by molar-refractivity contribution is -0.192. The number of aromatic nitrogens is 3. The summed E-state index contributed by atoms with van der Waals surface area (Å²) >= 11 is 1.51. The molecule has 1 N–H and O–H groups in total. The highest BCUT2D eigenvalue weighted by Gasteiger charge is 2.57. The molecule has 3 aromatic rings. The second kappa shape index (κ2) is 11.2. The molecule has 2 fully saturated rings. The van der Waals surface area contributed by atoms with Crippen LogP contribution in [0, 0.1) is 12.3 Å². The lowest BCUT2D eigenvalue weighted by Gasteiger charge is -2.42. The molecule has 3 aromatic heterocycles. The van der Waals surface area contributed by atoms with Gasteiger partial charge in [0.2, 0.25) is 5.91 Å². The number of nitrogens with zero attached hydrogens (tertiary/aromatic N) is 5. The van der Waals surface area contributed by atoms with Crippen molar-refractivity contribution in [3.05, 3.63) is 69.9 Å². The lowest BCUT2D eigenvalue weighted by Crippen LogP contribution is -2.52. The standard InChI is InChI=1S/C24H27N5O2S.C2HF3O2/c1-17-6-7-21(32-17)22(30)29-15-19(20-8-11-26-27(20)2)24(16-29)9-4-12-28(23(24)31)14-18-5-3-10-25-13-18;3-2(4,5)1(6)7/h3,5-8,10-11,13,19H,4,9,12,14-16H2,1-2H3;(H,6,7)/t19-,24+;/m0./s1. The maximum Gasteiger partial charge on any atom is 0.490 e. The molecule has 0 bridgehead atoms. The van der Waals surface area contributed by atoms with Crippen molar-refractivity contribution >= 4 is 29.1 Å². The Bertz CT molecular complexity index is 1340. The van der Waals surface area contributed by atoms with E-state index in [9.17, 15) is 22.8 Å². The Morgan fingerprint density at radius 1 is 1.21 bits per heavy atom. The molecule has 208 valence electrons. The Morgan fingerprint density at radius 3 is 2.51 bits per heavy atom. The monoisotopic (exact) mass is 563 g/mol. The van der Waals surface area contributed by atoms with Crippen molar-refractivity contribution < 1.29 is 32.7 Å². The van der Waals surface area contributed by atoms with Crippen LogP contribution in [0.1, 0.15) is 44.6 Å². The van der Waals surface area contributed by atoms with Crippen LogP contribution in [0.15, 0.2) is 48.9 Å². The molecule has 2 saturated heterocycles. The quantitative estimate of drug-likeness (QED) is 0.517. The van der Waals surface area contributed by atoms with Crippen molar-refractivity contribution in [3.8, 4) is 0 Å². The number of piperidine rings is 1. The van der Waals surface area contributed by atoms with Crippen molar-refractivity contribution in [2.24, 2.45) is 12.5 Å². The molecule has 1 spiro atoms. The van der Waals surface area contributed by atoms with Gasteiger partial charge >= 0.3 is 12.1 Å².